The third kappa shape index (κ3) is 4.38. The van der Waals surface area contributed by atoms with Gasteiger partial charge in [-0.05, 0) is 12.1 Å². The van der Waals surface area contributed by atoms with Crippen molar-refractivity contribution < 1.29 is 45.1 Å². The lowest BCUT2D eigenvalue weighted by Gasteiger charge is -2.18. The van der Waals surface area contributed by atoms with Crippen LogP contribution >= 0.6 is 0 Å². The number of carbonyl (C=O) groups is 4. The Labute approximate surface area is 227 Å². The van der Waals surface area contributed by atoms with Crippen LogP contribution in [-0.4, -0.2) is 49.1 Å². The van der Waals surface area contributed by atoms with Crippen molar-refractivity contribution in [1.82, 2.24) is 0 Å². The van der Waals surface area contributed by atoms with Crippen LogP contribution in [0.4, 0.5) is 0 Å². The number of rotatable bonds is 2. The first-order valence-electron chi connectivity index (χ1n) is 11.4. The van der Waals surface area contributed by atoms with Crippen molar-refractivity contribution in [1.29, 1.82) is 0 Å². The lowest BCUT2D eigenvalue weighted by atomic mass is 9.84. The van der Waals surface area contributed by atoms with Gasteiger partial charge >= 0.3 is 0 Å². The summed E-state index contributed by atoms with van der Waals surface area (Å²) in [6.07, 6.45) is 0. The van der Waals surface area contributed by atoms with Crippen LogP contribution in [0.2, 0.25) is 0 Å². The largest absolute Gasteiger partial charge is 0.295 e. The van der Waals surface area contributed by atoms with E-state index in [-0.39, 0.29) is 44.5 Å². The molecule has 0 radical (unpaired) electrons. The molecule has 4 aromatic carbocycles. The normalized spacial score (nSPS) is 13.8. The second kappa shape index (κ2) is 9.54. The number of fused-ring (bicyclic) bond motifs is 4. The van der Waals surface area contributed by atoms with Gasteiger partial charge in [0.2, 0.25) is 0 Å². The monoisotopic (exact) mass is 576 g/mol. The summed E-state index contributed by atoms with van der Waals surface area (Å²) in [5.41, 5.74) is 0.197. The summed E-state index contributed by atoms with van der Waals surface area (Å²) < 4.78 is 63.9. The molecule has 40 heavy (non-hydrogen) atoms. The molecule has 0 bridgehead atoms. The summed E-state index contributed by atoms with van der Waals surface area (Å²) in [4.78, 5) is 48.3. The van der Waals surface area contributed by atoms with Gasteiger partial charge in [0.1, 0.15) is 9.79 Å². The zero-order valence-corrected chi connectivity index (χ0v) is 21.7. The highest BCUT2D eigenvalue weighted by atomic mass is 32.2. The highest BCUT2D eigenvalue weighted by Crippen LogP contribution is 2.32. The molecule has 4 aromatic rings. The number of ketones is 4. The van der Waals surface area contributed by atoms with E-state index >= 15 is 0 Å². The zero-order chi connectivity index (χ0) is 29.0. The van der Waals surface area contributed by atoms with E-state index in [1.165, 1.54) is 48.5 Å². The Bertz CT molecular complexity index is 1880. The molecule has 10 nitrogen and oxygen atoms in total. The van der Waals surface area contributed by atoms with E-state index in [4.69, 9.17) is 0 Å². The Kier molecular flexibility index (Phi) is 6.43. The summed E-state index contributed by atoms with van der Waals surface area (Å²) in [5.74, 6) is -2.02. The molecule has 0 saturated heterocycles. The first kappa shape index (κ1) is 27.0. The van der Waals surface area contributed by atoms with Gasteiger partial charge in [-0.15, -0.1) is 0 Å². The topological polar surface area (TPSA) is 177 Å². The fourth-order valence-corrected chi connectivity index (χ4v) is 6.08. The minimum absolute atomic E-state index is 0.0103. The van der Waals surface area contributed by atoms with Crippen molar-refractivity contribution in [3.05, 3.63) is 129 Å². The molecule has 2 N–H and O–H groups in total. The highest BCUT2D eigenvalue weighted by molar-refractivity contribution is 7.86. The van der Waals surface area contributed by atoms with Crippen LogP contribution in [0.1, 0.15) is 63.7 Å². The van der Waals surface area contributed by atoms with Crippen LogP contribution < -0.4 is 0 Å². The van der Waals surface area contributed by atoms with Gasteiger partial charge in [0.15, 0.2) is 23.1 Å². The smallest absolute Gasteiger partial charge is 0.289 e. The molecule has 0 aliphatic heterocycles. The van der Waals surface area contributed by atoms with Crippen LogP contribution in [0.5, 0.6) is 0 Å². The van der Waals surface area contributed by atoms with Gasteiger partial charge in [0.05, 0.1) is 11.1 Å². The summed E-state index contributed by atoms with van der Waals surface area (Å²) in [5, 5.41) is 0. The maximum Gasteiger partial charge on any atom is 0.295 e. The van der Waals surface area contributed by atoms with Crippen molar-refractivity contribution in [3.63, 3.8) is 0 Å². The second-order valence-electron chi connectivity index (χ2n) is 8.72. The Morgan fingerprint density at radius 1 is 0.375 bits per heavy atom. The number of benzene rings is 4. The SMILES string of the molecule is O=C1c2ccccc2C(=O)c2c1cccc2S(=O)(=O)O.O=C1c2ccccc2C(=O)c2c1cccc2S(=O)(=O)O. The van der Waals surface area contributed by atoms with Gasteiger partial charge < -0.3 is 0 Å². The van der Waals surface area contributed by atoms with Crippen LogP contribution in [0.3, 0.4) is 0 Å². The summed E-state index contributed by atoms with van der Waals surface area (Å²) in [7, 11) is -9.15. The Balaban J connectivity index is 0.000000161. The lowest BCUT2D eigenvalue weighted by Crippen LogP contribution is -2.23. The molecule has 0 atom stereocenters. The van der Waals surface area contributed by atoms with Gasteiger partial charge in [-0.2, -0.15) is 16.8 Å². The molecule has 0 aromatic heterocycles. The summed E-state index contributed by atoms with van der Waals surface area (Å²) >= 11 is 0. The minimum atomic E-state index is -4.58. The second-order valence-corrected chi connectivity index (χ2v) is 11.5. The first-order chi connectivity index (χ1) is 18.8. The maximum absolute atomic E-state index is 12.4. The van der Waals surface area contributed by atoms with Crippen LogP contribution in [-0.2, 0) is 20.2 Å². The van der Waals surface area contributed by atoms with Crippen molar-refractivity contribution in [2.45, 2.75) is 9.79 Å². The number of hydrogen-bond donors (Lipinski definition) is 2. The quantitative estimate of drug-likeness (QED) is 0.290. The molecule has 2 aliphatic rings. The Hall–Kier alpha value is -4.62. The number of carbonyl (C=O) groups excluding carboxylic acids is 4. The maximum atomic E-state index is 12.4. The first-order valence-corrected chi connectivity index (χ1v) is 14.3. The van der Waals surface area contributed by atoms with Gasteiger partial charge in [-0.25, -0.2) is 0 Å². The van der Waals surface area contributed by atoms with E-state index in [0.29, 0.717) is 0 Å². The van der Waals surface area contributed by atoms with Gasteiger partial charge in [-0.1, -0.05) is 72.8 Å². The standard InChI is InChI=1S/2C14H8O5S/c2*15-13-8-4-1-2-5-9(8)14(16)12-10(13)6-3-7-11(12)20(17,18)19/h2*1-7H,(H,17,18,19). The Morgan fingerprint density at radius 3 is 0.950 bits per heavy atom. The van der Waals surface area contributed by atoms with E-state index < -0.39 is 53.2 Å². The Morgan fingerprint density at radius 2 is 0.650 bits per heavy atom. The fraction of sp³-hybridized carbons (Fsp3) is 0. The molecule has 0 amide bonds. The molecular formula is C28H16O10S2. The molecule has 6 rings (SSSR count). The van der Waals surface area contributed by atoms with Crippen molar-refractivity contribution in [2.75, 3.05) is 0 Å². The molecule has 0 unspecified atom stereocenters. The summed E-state index contributed by atoms with van der Waals surface area (Å²) in [6.45, 7) is 0. The fourth-order valence-electron chi connectivity index (χ4n) is 4.66. The summed E-state index contributed by atoms with van der Waals surface area (Å²) in [6, 6.07) is 20.0. The van der Waals surface area contributed by atoms with Crippen molar-refractivity contribution in [3.8, 4) is 0 Å². The van der Waals surface area contributed by atoms with Crippen molar-refractivity contribution in [2.24, 2.45) is 0 Å². The lowest BCUT2D eigenvalue weighted by molar-refractivity contribution is 0.0976. The minimum Gasteiger partial charge on any atom is -0.289 e. The van der Waals surface area contributed by atoms with Gasteiger partial charge in [0, 0.05) is 33.4 Å². The van der Waals surface area contributed by atoms with Gasteiger partial charge in [0.25, 0.3) is 20.2 Å². The van der Waals surface area contributed by atoms with E-state index in [2.05, 4.69) is 0 Å². The molecule has 0 saturated carbocycles. The third-order valence-corrected chi connectivity index (χ3v) is 8.18. The highest BCUT2D eigenvalue weighted by Gasteiger charge is 2.35. The predicted octanol–water partition coefficient (Wildman–Crippen LogP) is 3.42. The van der Waals surface area contributed by atoms with Crippen LogP contribution in [0, 0.1) is 0 Å². The average molecular weight is 577 g/mol. The molecular weight excluding hydrogens is 560 g/mol. The van der Waals surface area contributed by atoms with Crippen LogP contribution in [0.15, 0.2) is 94.7 Å². The van der Waals surface area contributed by atoms with Crippen molar-refractivity contribution >= 4 is 43.4 Å². The van der Waals surface area contributed by atoms with Crippen LogP contribution in [0.25, 0.3) is 0 Å². The molecule has 0 heterocycles. The van der Waals surface area contributed by atoms with E-state index in [1.54, 1.807) is 24.3 Å². The predicted molar refractivity (Wildman–Crippen MR) is 139 cm³/mol. The average Bonchev–Trinajstić information content (AvgIpc) is 2.93. The molecule has 12 heteroatoms. The molecule has 0 spiro atoms. The molecule has 2 aliphatic carbocycles. The third-order valence-electron chi connectivity index (χ3n) is 6.38. The van der Waals surface area contributed by atoms with E-state index in [0.717, 1.165) is 12.1 Å². The zero-order valence-electron chi connectivity index (χ0n) is 20.1. The van der Waals surface area contributed by atoms with Gasteiger partial charge in [-0.3, -0.25) is 28.3 Å². The van der Waals surface area contributed by atoms with E-state index in [9.17, 15) is 45.1 Å². The molecule has 200 valence electrons. The molecule has 0 fully saturated rings. The van der Waals surface area contributed by atoms with E-state index in [1.807, 2.05) is 0 Å². The number of hydrogen-bond acceptors (Lipinski definition) is 8.